The van der Waals surface area contributed by atoms with E-state index in [1.54, 1.807) is 0 Å². The molecular weight excluding hydrogens is 1620 g/mol. The molecule has 0 spiro atoms. The Balaban J connectivity index is 0.745. The smallest absolute Gasteiger partial charge is 0.166 e. The molecule has 0 unspecified atom stereocenters. The van der Waals surface area contributed by atoms with Crippen LogP contribution in [-0.4, -0.2) is 48.2 Å². The molecule has 624 valence electrons. The number of hydrogen-bond donors (Lipinski definition) is 0. The monoisotopic (exact) mass is 1700 g/mol. The summed E-state index contributed by atoms with van der Waals surface area (Å²) in [4.78, 5) is 33.2. The van der Waals surface area contributed by atoms with Gasteiger partial charge in [-0.25, -0.2) is 29.9 Å². The lowest BCUT2D eigenvalue weighted by molar-refractivity contribution is 1.06. The number of aryl methyl sites for hydroxylation is 3. The van der Waals surface area contributed by atoms with Gasteiger partial charge in [-0.15, -0.1) is 0 Å². The molecule has 0 fully saturated rings. The van der Waals surface area contributed by atoms with Gasteiger partial charge in [-0.05, 0) is 185 Å². The van der Waals surface area contributed by atoms with Crippen LogP contribution in [-0.2, 0) is 0 Å². The fourth-order valence-corrected chi connectivity index (χ4v) is 20.5. The summed E-state index contributed by atoms with van der Waals surface area (Å²) in [5, 5.41) is 8.99. The third-order valence-electron chi connectivity index (χ3n) is 26.6. The van der Waals surface area contributed by atoms with Crippen molar-refractivity contribution in [2.24, 2.45) is 0 Å². The maximum absolute atomic E-state index is 5.65. The molecule has 0 aliphatic rings. The van der Waals surface area contributed by atoms with E-state index < -0.39 is 0 Å². The van der Waals surface area contributed by atoms with E-state index in [0.717, 1.165) is 194 Å². The number of hydrogen-bond acceptors (Lipinski definition) is 6. The number of rotatable bonds is 16. The first-order chi connectivity index (χ1) is 65.7. The molecule has 0 radical (unpaired) electrons. The first-order valence-electron chi connectivity index (χ1n) is 45.3. The maximum atomic E-state index is 5.65. The van der Waals surface area contributed by atoms with Gasteiger partial charge in [0.05, 0.1) is 55.5 Å². The van der Waals surface area contributed by atoms with Crippen LogP contribution in [0.5, 0.6) is 0 Å². The van der Waals surface area contributed by atoms with Gasteiger partial charge in [-0.1, -0.05) is 351 Å². The maximum Gasteiger partial charge on any atom is 0.166 e. The van der Waals surface area contributed by atoms with Crippen molar-refractivity contribution in [2.45, 2.75) is 20.8 Å². The lowest BCUT2D eigenvalue weighted by Crippen LogP contribution is -2.04. The molecule has 25 rings (SSSR count). The molecule has 0 aliphatic carbocycles. The third kappa shape index (κ3) is 13.2. The first-order valence-corrected chi connectivity index (χ1v) is 45.3. The van der Waals surface area contributed by atoms with Gasteiger partial charge in [0.1, 0.15) is 0 Å². The van der Waals surface area contributed by atoms with E-state index in [9.17, 15) is 0 Å². The Morgan fingerprint density at radius 2 is 0.496 bits per heavy atom. The molecular formula is C123H82N10. The molecule has 25 aromatic rings. The zero-order valence-corrected chi connectivity index (χ0v) is 73.1. The Morgan fingerprint density at radius 1 is 0.165 bits per heavy atom. The quantitative estimate of drug-likeness (QED) is 0.0956. The summed E-state index contributed by atoms with van der Waals surface area (Å²) >= 11 is 0. The van der Waals surface area contributed by atoms with Gasteiger partial charge in [0, 0.05) is 99.0 Å². The molecule has 0 atom stereocenters. The predicted molar refractivity (Wildman–Crippen MR) is 550 cm³/mol. The largest absolute Gasteiger partial charge is 0.309 e. The van der Waals surface area contributed by atoms with Crippen molar-refractivity contribution in [2.75, 3.05) is 0 Å². The third-order valence-corrected chi connectivity index (χ3v) is 26.6. The van der Waals surface area contributed by atoms with E-state index >= 15 is 0 Å². The second-order valence-electron chi connectivity index (χ2n) is 34.6. The van der Waals surface area contributed by atoms with E-state index in [2.05, 4.69) is 409 Å². The van der Waals surface area contributed by atoms with Gasteiger partial charge in [-0.2, -0.15) is 0 Å². The van der Waals surface area contributed by atoms with Crippen LogP contribution < -0.4 is 0 Å². The molecule has 0 aliphatic heterocycles. The number of para-hydroxylation sites is 5. The fourth-order valence-electron chi connectivity index (χ4n) is 20.5. The summed E-state index contributed by atoms with van der Waals surface area (Å²) in [7, 11) is 0. The van der Waals surface area contributed by atoms with Gasteiger partial charge in [-0.3, -0.25) is 0 Å². The highest BCUT2D eigenvalue weighted by Gasteiger charge is 2.30. The zero-order valence-electron chi connectivity index (χ0n) is 73.1. The van der Waals surface area contributed by atoms with Crippen LogP contribution in [0.1, 0.15) is 16.7 Å². The predicted octanol–water partition coefficient (Wildman–Crippen LogP) is 31.4. The average Bonchev–Trinajstić information content (AvgIpc) is 1.55. The first kappa shape index (κ1) is 77.7. The lowest BCUT2D eigenvalue weighted by Gasteiger charge is -2.18. The molecule has 0 saturated carbocycles. The highest BCUT2D eigenvalue weighted by molar-refractivity contribution is 6.25. The molecule has 10 nitrogen and oxygen atoms in total. The van der Waals surface area contributed by atoms with Crippen molar-refractivity contribution < 1.29 is 0 Å². The summed E-state index contributed by atoms with van der Waals surface area (Å²) in [5.41, 5.74) is 34.4. The average molecular weight is 1700 g/mol. The fraction of sp³-hybridized carbons (Fsp3) is 0.0244. The topological polar surface area (TPSA) is 97.1 Å². The Kier molecular flexibility index (Phi) is 18.7. The van der Waals surface area contributed by atoms with Gasteiger partial charge >= 0.3 is 0 Å². The van der Waals surface area contributed by atoms with E-state index in [1.807, 2.05) is 72.8 Å². The second kappa shape index (κ2) is 32.0. The van der Waals surface area contributed by atoms with Crippen LogP contribution in [0.4, 0.5) is 0 Å². The number of nitrogens with zero attached hydrogens (tertiary/aromatic N) is 10. The minimum absolute atomic E-state index is 0.534. The molecule has 19 aromatic carbocycles. The van der Waals surface area contributed by atoms with Crippen molar-refractivity contribution >= 4 is 87.2 Å². The second-order valence-corrected chi connectivity index (χ2v) is 34.6. The normalized spacial score (nSPS) is 11.7. The Bertz CT molecular complexity index is 8740. The molecule has 6 aromatic heterocycles. The van der Waals surface area contributed by atoms with Crippen LogP contribution in [0, 0.1) is 20.8 Å². The molecule has 0 amide bonds. The SMILES string of the molecule is Cc1cccc(-c2ccc3c4c(-c5cccc6c5c5cccc(-c7ccc(-n8c9ccc(-c%10ccccc%10C)cc9c9cc(-c%10ccccc%10C)ccc98)c(-c8nc(-c9ccccc9)nc(-c9ccccc9)n8)c7)c5n6-c5ccccc5)cccc4n(-c4ccc(-c5cccc6c7ccccc7n(-c7ccccc7)c56)cc4-c4nc(-c5ccccc5)nc(-c5ccccc5)n4)c3c2)c1. The highest BCUT2D eigenvalue weighted by Crippen LogP contribution is 2.51. The van der Waals surface area contributed by atoms with Crippen LogP contribution in [0.25, 0.3) is 245 Å². The summed E-state index contributed by atoms with van der Waals surface area (Å²) in [6, 6.07) is 160. The summed E-state index contributed by atoms with van der Waals surface area (Å²) in [6.45, 7) is 6.57. The van der Waals surface area contributed by atoms with Crippen molar-refractivity contribution in [1.82, 2.24) is 48.2 Å². The zero-order chi connectivity index (χ0) is 88.3. The minimum atomic E-state index is 0.534. The van der Waals surface area contributed by atoms with Crippen LogP contribution in [0.2, 0.25) is 0 Å². The van der Waals surface area contributed by atoms with E-state index in [1.165, 1.54) is 33.2 Å². The van der Waals surface area contributed by atoms with Crippen LogP contribution in [0.3, 0.4) is 0 Å². The molecule has 0 bridgehead atoms. The van der Waals surface area contributed by atoms with Gasteiger partial charge < -0.3 is 18.3 Å². The molecule has 133 heavy (non-hydrogen) atoms. The van der Waals surface area contributed by atoms with Crippen LogP contribution in [0.15, 0.2) is 443 Å². The van der Waals surface area contributed by atoms with Gasteiger partial charge in [0.15, 0.2) is 34.9 Å². The van der Waals surface area contributed by atoms with Gasteiger partial charge in [0.25, 0.3) is 0 Å². The van der Waals surface area contributed by atoms with E-state index in [4.69, 9.17) is 29.9 Å². The van der Waals surface area contributed by atoms with Gasteiger partial charge in [0.2, 0.25) is 0 Å². The number of fused-ring (bicyclic) bond motifs is 12. The number of benzene rings is 19. The van der Waals surface area contributed by atoms with Crippen LogP contribution >= 0.6 is 0 Å². The molecule has 6 heterocycles. The molecule has 0 N–H and O–H groups in total. The lowest BCUT2D eigenvalue weighted by atomic mass is 9.93. The summed E-state index contributed by atoms with van der Waals surface area (Å²) in [6.07, 6.45) is 0. The molecule has 10 heteroatoms. The minimum Gasteiger partial charge on any atom is -0.309 e. The van der Waals surface area contributed by atoms with Crippen molar-refractivity contribution in [3.63, 3.8) is 0 Å². The van der Waals surface area contributed by atoms with E-state index in [-0.39, 0.29) is 0 Å². The van der Waals surface area contributed by atoms with Crippen molar-refractivity contribution in [3.05, 3.63) is 460 Å². The number of aromatic nitrogens is 10. The van der Waals surface area contributed by atoms with Crippen molar-refractivity contribution in [3.8, 4) is 158 Å². The summed E-state index contributed by atoms with van der Waals surface area (Å²) in [5.74, 6) is 3.35. The Hall–Kier alpha value is -17.6. The van der Waals surface area contributed by atoms with E-state index in [0.29, 0.717) is 34.9 Å². The standard InChI is InChI=1S/C123H82N10/c1-77-33-28-44-84(71-77)85-61-66-100-113(76-85)133(110-70-65-88(94-52-29-56-99-96-51-26-27-58-106(96)130(116(94)99)90-45-18-8-19-46-90)74-105(110)123-128-120(82-40-14-6-15-41-82)125-121(129-123)83-42-16-7-17-43-83)112-60-32-54-97(114(100)112)98-55-31-59-111-115(98)101-57-30-53-95(117(101)131(111)91-47-20-9-21-48-91)89-64-69-109(104(75-89)122-126-118(80-36-10-4-11-37-80)124-119(127-122)81-38-12-5-13-39-81)132-107-67-62-86(92-49-24-22-34-78(92)2)72-102(107)103-73-87(63-68-108(103)132)93-50-25-23-35-79(93)3/h4-76H,1-3H3. The highest BCUT2D eigenvalue weighted by atomic mass is 15.1. The molecule has 0 saturated heterocycles. The Morgan fingerprint density at radius 3 is 0.992 bits per heavy atom. The summed E-state index contributed by atoms with van der Waals surface area (Å²) < 4.78 is 9.83. The Labute approximate surface area is 768 Å². The van der Waals surface area contributed by atoms with Crippen molar-refractivity contribution in [1.29, 1.82) is 0 Å².